The predicted molar refractivity (Wildman–Crippen MR) is 82.3 cm³/mol. The number of nitrogens with one attached hydrogen (secondary N) is 1. The lowest BCUT2D eigenvalue weighted by Gasteiger charge is -2.13. The van der Waals surface area contributed by atoms with Crippen LogP contribution >= 0.6 is 0 Å². The van der Waals surface area contributed by atoms with Crippen LogP contribution in [0.3, 0.4) is 0 Å². The van der Waals surface area contributed by atoms with Gasteiger partial charge in [-0.1, -0.05) is 13.8 Å². The molecular formula is C17H21FN2O. The highest BCUT2D eigenvalue weighted by atomic mass is 19.1. The molecule has 0 amide bonds. The highest BCUT2D eigenvalue weighted by molar-refractivity contribution is 5.37. The highest BCUT2D eigenvalue weighted by Crippen LogP contribution is 2.26. The fourth-order valence-electron chi connectivity index (χ4n) is 2.08. The van der Waals surface area contributed by atoms with Gasteiger partial charge in [0.15, 0.2) is 0 Å². The fourth-order valence-corrected chi connectivity index (χ4v) is 2.08. The van der Waals surface area contributed by atoms with E-state index >= 15 is 0 Å². The van der Waals surface area contributed by atoms with E-state index in [0.717, 1.165) is 23.4 Å². The van der Waals surface area contributed by atoms with Gasteiger partial charge in [-0.25, -0.2) is 9.37 Å². The lowest BCUT2D eigenvalue weighted by molar-refractivity contribution is 0.453. The first kappa shape index (κ1) is 15.4. The molecule has 1 heterocycles. The van der Waals surface area contributed by atoms with Gasteiger partial charge in [-0.05, 0) is 55.3 Å². The Bertz CT molecular complexity index is 626. The number of rotatable bonds is 5. The lowest BCUT2D eigenvalue weighted by atomic mass is 10.1. The number of hydrogen-bond donors (Lipinski definition) is 1. The minimum absolute atomic E-state index is 0.264. The molecule has 2 rings (SSSR count). The number of benzene rings is 1. The van der Waals surface area contributed by atoms with Crippen LogP contribution in [0.25, 0.3) is 0 Å². The third-order valence-corrected chi connectivity index (χ3v) is 3.21. The summed E-state index contributed by atoms with van der Waals surface area (Å²) in [5.74, 6) is 1.22. The van der Waals surface area contributed by atoms with Crippen LogP contribution in [0.4, 0.5) is 4.39 Å². The third-order valence-electron chi connectivity index (χ3n) is 3.21. The zero-order chi connectivity index (χ0) is 15.4. The van der Waals surface area contributed by atoms with Gasteiger partial charge < -0.3 is 10.1 Å². The van der Waals surface area contributed by atoms with E-state index < -0.39 is 0 Å². The van der Waals surface area contributed by atoms with E-state index in [1.54, 1.807) is 6.07 Å². The summed E-state index contributed by atoms with van der Waals surface area (Å²) in [5, 5.41) is 3.13. The van der Waals surface area contributed by atoms with E-state index in [0.29, 0.717) is 17.5 Å². The Morgan fingerprint density at radius 3 is 2.62 bits per heavy atom. The second-order valence-corrected chi connectivity index (χ2v) is 5.44. The number of pyridine rings is 1. The molecule has 1 N–H and O–H groups in total. The molecule has 0 unspecified atom stereocenters. The molecule has 0 bridgehead atoms. The standard InChI is InChI=1S/C17H21FN2O/c1-11(2)15-8-13(10-19-4)9-17(20-15)21-16-6-5-14(18)7-12(16)3/h5-9,11,19H,10H2,1-4H3. The first-order valence-corrected chi connectivity index (χ1v) is 7.09. The predicted octanol–water partition coefficient (Wildman–Crippen LogP) is 4.16. The Hall–Kier alpha value is -1.94. The summed E-state index contributed by atoms with van der Waals surface area (Å²) in [6.07, 6.45) is 0. The third kappa shape index (κ3) is 4.02. The maximum atomic E-state index is 13.1. The van der Waals surface area contributed by atoms with E-state index in [9.17, 15) is 4.39 Å². The van der Waals surface area contributed by atoms with Crippen molar-refractivity contribution in [3.05, 3.63) is 53.0 Å². The maximum absolute atomic E-state index is 13.1. The summed E-state index contributed by atoms with van der Waals surface area (Å²) in [5.41, 5.74) is 2.85. The van der Waals surface area contributed by atoms with Gasteiger partial charge >= 0.3 is 0 Å². The zero-order valence-electron chi connectivity index (χ0n) is 12.9. The number of aryl methyl sites for hydroxylation is 1. The molecule has 1 aromatic heterocycles. The van der Waals surface area contributed by atoms with Gasteiger partial charge in [-0.2, -0.15) is 0 Å². The smallest absolute Gasteiger partial charge is 0.219 e. The van der Waals surface area contributed by atoms with E-state index in [4.69, 9.17) is 4.74 Å². The summed E-state index contributed by atoms with van der Waals surface area (Å²) in [7, 11) is 1.90. The van der Waals surface area contributed by atoms with Crippen molar-refractivity contribution in [2.45, 2.75) is 33.2 Å². The van der Waals surface area contributed by atoms with Gasteiger partial charge in [0.25, 0.3) is 0 Å². The normalized spacial score (nSPS) is 11.0. The molecule has 0 saturated heterocycles. The number of aromatic nitrogens is 1. The molecule has 0 saturated carbocycles. The molecule has 4 heteroatoms. The Balaban J connectivity index is 2.33. The van der Waals surface area contributed by atoms with Crippen molar-refractivity contribution in [3.8, 4) is 11.6 Å². The van der Waals surface area contributed by atoms with Gasteiger partial charge in [0.2, 0.25) is 5.88 Å². The summed E-state index contributed by atoms with van der Waals surface area (Å²) in [6, 6.07) is 8.46. The van der Waals surface area contributed by atoms with Crippen molar-refractivity contribution >= 4 is 0 Å². The number of nitrogens with zero attached hydrogens (tertiary/aromatic N) is 1. The van der Waals surface area contributed by atoms with Crippen molar-refractivity contribution in [3.63, 3.8) is 0 Å². The summed E-state index contributed by atoms with van der Waals surface area (Å²) >= 11 is 0. The number of ether oxygens (including phenoxy) is 1. The Morgan fingerprint density at radius 2 is 2.00 bits per heavy atom. The molecular weight excluding hydrogens is 267 g/mol. The summed E-state index contributed by atoms with van der Waals surface area (Å²) < 4.78 is 19.0. The molecule has 0 aliphatic rings. The molecule has 21 heavy (non-hydrogen) atoms. The van der Waals surface area contributed by atoms with Crippen LogP contribution in [0.5, 0.6) is 11.6 Å². The Morgan fingerprint density at radius 1 is 1.24 bits per heavy atom. The summed E-state index contributed by atoms with van der Waals surface area (Å²) in [6.45, 7) is 6.76. The first-order valence-electron chi connectivity index (χ1n) is 7.09. The van der Waals surface area contributed by atoms with Gasteiger partial charge in [0.05, 0.1) is 0 Å². The molecule has 0 spiro atoms. The van der Waals surface area contributed by atoms with E-state index in [-0.39, 0.29) is 5.82 Å². The van der Waals surface area contributed by atoms with Crippen LogP contribution in [0, 0.1) is 12.7 Å². The summed E-state index contributed by atoms with van der Waals surface area (Å²) in [4.78, 5) is 4.53. The van der Waals surface area contributed by atoms with Crippen LogP contribution in [-0.2, 0) is 6.54 Å². The van der Waals surface area contributed by atoms with E-state index in [1.165, 1.54) is 12.1 Å². The van der Waals surface area contributed by atoms with Crippen molar-refractivity contribution < 1.29 is 9.13 Å². The molecule has 0 aliphatic heterocycles. The van der Waals surface area contributed by atoms with Crippen molar-refractivity contribution in [2.24, 2.45) is 0 Å². The van der Waals surface area contributed by atoms with Crippen LogP contribution < -0.4 is 10.1 Å². The van der Waals surface area contributed by atoms with Gasteiger partial charge in [0, 0.05) is 18.3 Å². The highest BCUT2D eigenvalue weighted by Gasteiger charge is 2.09. The monoisotopic (exact) mass is 288 g/mol. The quantitative estimate of drug-likeness (QED) is 0.897. The second kappa shape index (κ2) is 6.68. The minimum Gasteiger partial charge on any atom is -0.439 e. The van der Waals surface area contributed by atoms with Crippen LogP contribution in [-0.4, -0.2) is 12.0 Å². The average Bonchev–Trinajstić information content (AvgIpc) is 2.42. The molecule has 1 aromatic carbocycles. The van der Waals surface area contributed by atoms with E-state index in [2.05, 4.69) is 30.2 Å². The first-order chi connectivity index (χ1) is 9.99. The minimum atomic E-state index is -0.264. The molecule has 3 nitrogen and oxygen atoms in total. The van der Waals surface area contributed by atoms with Crippen molar-refractivity contribution in [2.75, 3.05) is 7.05 Å². The molecule has 0 atom stereocenters. The van der Waals surface area contributed by atoms with Crippen LogP contribution in [0.2, 0.25) is 0 Å². The van der Waals surface area contributed by atoms with Gasteiger partial charge in [-0.15, -0.1) is 0 Å². The van der Waals surface area contributed by atoms with Gasteiger partial charge in [0.1, 0.15) is 11.6 Å². The average molecular weight is 288 g/mol. The maximum Gasteiger partial charge on any atom is 0.219 e. The van der Waals surface area contributed by atoms with E-state index in [1.807, 2.05) is 20.0 Å². The van der Waals surface area contributed by atoms with Crippen molar-refractivity contribution in [1.29, 1.82) is 0 Å². The molecule has 2 aromatic rings. The number of hydrogen-bond acceptors (Lipinski definition) is 3. The second-order valence-electron chi connectivity index (χ2n) is 5.44. The molecule has 0 aliphatic carbocycles. The largest absolute Gasteiger partial charge is 0.439 e. The molecule has 0 radical (unpaired) electrons. The Labute approximate surface area is 125 Å². The zero-order valence-corrected chi connectivity index (χ0v) is 12.9. The van der Waals surface area contributed by atoms with Gasteiger partial charge in [-0.3, -0.25) is 0 Å². The van der Waals surface area contributed by atoms with Crippen molar-refractivity contribution in [1.82, 2.24) is 10.3 Å². The number of halogens is 1. The van der Waals surface area contributed by atoms with Crippen LogP contribution in [0.15, 0.2) is 30.3 Å². The Kier molecular flexibility index (Phi) is 4.91. The lowest BCUT2D eigenvalue weighted by Crippen LogP contribution is -2.07. The van der Waals surface area contributed by atoms with Crippen LogP contribution in [0.1, 0.15) is 36.6 Å². The SMILES string of the molecule is CNCc1cc(Oc2ccc(F)cc2C)nc(C(C)C)c1. The molecule has 112 valence electrons. The molecule has 0 fully saturated rings. The fraction of sp³-hybridized carbons (Fsp3) is 0.353. The topological polar surface area (TPSA) is 34.1 Å².